The van der Waals surface area contributed by atoms with E-state index in [1.807, 2.05) is 12.1 Å². The van der Waals surface area contributed by atoms with E-state index < -0.39 is 0 Å². The van der Waals surface area contributed by atoms with Gasteiger partial charge in [-0.05, 0) is 44.2 Å². The number of hydrogen-bond acceptors (Lipinski definition) is 3. The maximum Gasteiger partial charge on any atom is 0.141 e. The number of pyridine rings is 1. The van der Waals surface area contributed by atoms with Crippen LogP contribution in [0.5, 0.6) is 5.75 Å². The Bertz CT molecular complexity index is 653. The van der Waals surface area contributed by atoms with E-state index in [0.29, 0.717) is 10.5 Å². The topological polar surface area (TPSA) is 36.4 Å². The molecule has 4 heteroatoms. The first-order valence-corrected chi connectivity index (χ1v) is 8.50. The number of aromatic nitrogens is 1. The maximum atomic E-state index is 9.97. The Morgan fingerprint density at radius 1 is 1.18 bits per heavy atom. The van der Waals surface area contributed by atoms with Crippen molar-refractivity contribution in [2.75, 3.05) is 13.6 Å². The molecular weight excluding hydrogens is 296 g/mol. The molecule has 1 saturated carbocycles. The molecule has 1 aliphatic carbocycles. The molecule has 0 bridgehead atoms. The van der Waals surface area contributed by atoms with Crippen LogP contribution in [-0.4, -0.2) is 34.6 Å². The number of benzene rings is 1. The molecule has 0 aliphatic heterocycles. The van der Waals surface area contributed by atoms with Crippen LogP contribution in [0.4, 0.5) is 0 Å². The molecule has 0 radical (unpaired) electrons. The van der Waals surface area contributed by atoms with Gasteiger partial charge in [0.15, 0.2) is 0 Å². The number of phenolic OH excluding ortho intramolecular Hbond substituents is 1. The van der Waals surface area contributed by atoms with Crippen LogP contribution in [0.1, 0.15) is 37.8 Å². The quantitative estimate of drug-likeness (QED) is 0.907. The Balaban J connectivity index is 1.70. The van der Waals surface area contributed by atoms with E-state index in [2.05, 4.69) is 16.9 Å². The second-order valence-corrected chi connectivity index (χ2v) is 6.69. The lowest BCUT2D eigenvalue weighted by Gasteiger charge is -2.31. The first kappa shape index (κ1) is 15.6. The highest BCUT2D eigenvalue weighted by atomic mass is 35.5. The molecule has 0 saturated heterocycles. The van der Waals surface area contributed by atoms with E-state index in [-0.39, 0.29) is 5.75 Å². The van der Waals surface area contributed by atoms with Gasteiger partial charge in [-0.1, -0.05) is 30.9 Å². The van der Waals surface area contributed by atoms with Crippen LogP contribution in [0.3, 0.4) is 0 Å². The van der Waals surface area contributed by atoms with Gasteiger partial charge >= 0.3 is 0 Å². The zero-order valence-electron chi connectivity index (χ0n) is 13.1. The Labute approximate surface area is 136 Å². The van der Waals surface area contributed by atoms with E-state index in [4.69, 9.17) is 11.6 Å². The van der Waals surface area contributed by atoms with Gasteiger partial charge in [0.25, 0.3) is 0 Å². The Hall–Kier alpha value is -1.32. The third kappa shape index (κ3) is 3.36. The number of aromatic hydroxyl groups is 1. The van der Waals surface area contributed by atoms with Crippen LogP contribution in [0.25, 0.3) is 10.9 Å². The van der Waals surface area contributed by atoms with Gasteiger partial charge in [-0.15, -0.1) is 0 Å². The van der Waals surface area contributed by atoms with Crippen LogP contribution < -0.4 is 0 Å². The molecule has 1 aromatic carbocycles. The molecule has 1 aliphatic rings. The maximum absolute atomic E-state index is 9.97. The minimum Gasteiger partial charge on any atom is -0.506 e. The average molecular weight is 319 g/mol. The summed E-state index contributed by atoms with van der Waals surface area (Å²) in [4.78, 5) is 7.05. The van der Waals surface area contributed by atoms with E-state index >= 15 is 0 Å². The smallest absolute Gasteiger partial charge is 0.141 e. The van der Waals surface area contributed by atoms with Gasteiger partial charge in [0.1, 0.15) is 11.3 Å². The van der Waals surface area contributed by atoms with Crippen molar-refractivity contribution in [2.45, 2.75) is 44.6 Å². The minimum atomic E-state index is 0.196. The van der Waals surface area contributed by atoms with Gasteiger partial charge < -0.3 is 10.0 Å². The molecule has 0 amide bonds. The van der Waals surface area contributed by atoms with Gasteiger partial charge in [-0.3, -0.25) is 0 Å². The fraction of sp³-hybridized carbons (Fsp3) is 0.500. The van der Waals surface area contributed by atoms with Crippen molar-refractivity contribution in [2.24, 2.45) is 0 Å². The van der Waals surface area contributed by atoms with Crippen molar-refractivity contribution in [3.05, 3.63) is 35.0 Å². The van der Waals surface area contributed by atoms with Crippen molar-refractivity contribution in [3.8, 4) is 5.75 Å². The molecule has 0 unspecified atom stereocenters. The molecule has 3 rings (SSSR count). The summed E-state index contributed by atoms with van der Waals surface area (Å²) < 4.78 is 0. The summed E-state index contributed by atoms with van der Waals surface area (Å²) in [6, 6.07) is 8.01. The Kier molecular flexibility index (Phi) is 4.84. The number of phenols is 1. The minimum absolute atomic E-state index is 0.196. The highest BCUT2D eigenvalue weighted by molar-refractivity contribution is 6.35. The molecule has 2 aromatic rings. The van der Waals surface area contributed by atoms with Gasteiger partial charge in [0.05, 0.1) is 5.02 Å². The van der Waals surface area contributed by atoms with E-state index in [0.717, 1.165) is 30.1 Å². The molecule has 1 fully saturated rings. The predicted octanol–water partition coefficient (Wildman–Crippen LogP) is 4.40. The second-order valence-electron chi connectivity index (χ2n) is 6.29. The standard InChI is InChI=1S/C18H23ClN2O/c1-21(14-5-3-2-4-6-14)12-11-13-7-8-15-16(19)9-10-17(22)18(15)20-13/h7-10,14,22H,2-6,11-12H2,1H3. The molecular formula is C18H23ClN2O. The number of nitrogens with zero attached hydrogens (tertiary/aromatic N) is 2. The van der Waals surface area contributed by atoms with Gasteiger partial charge in [0.2, 0.25) is 0 Å². The molecule has 1 aromatic heterocycles. The molecule has 0 atom stereocenters. The van der Waals surface area contributed by atoms with Crippen molar-refractivity contribution in [1.82, 2.24) is 9.88 Å². The predicted molar refractivity (Wildman–Crippen MR) is 91.6 cm³/mol. The van der Waals surface area contributed by atoms with Crippen molar-refractivity contribution >= 4 is 22.5 Å². The highest BCUT2D eigenvalue weighted by Crippen LogP contribution is 2.29. The Morgan fingerprint density at radius 3 is 2.73 bits per heavy atom. The van der Waals surface area contributed by atoms with E-state index in [1.54, 1.807) is 12.1 Å². The Morgan fingerprint density at radius 2 is 1.95 bits per heavy atom. The summed E-state index contributed by atoms with van der Waals surface area (Å²) in [6.07, 6.45) is 7.63. The van der Waals surface area contributed by atoms with Crippen LogP contribution in [0.15, 0.2) is 24.3 Å². The number of hydrogen-bond donors (Lipinski definition) is 1. The summed E-state index contributed by atoms with van der Waals surface area (Å²) in [5.41, 5.74) is 1.61. The lowest BCUT2D eigenvalue weighted by atomic mass is 9.94. The molecule has 1 N–H and O–H groups in total. The van der Waals surface area contributed by atoms with Crippen molar-refractivity contribution in [1.29, 1.82) is 0 Å². The lowest BCUT2D eigenvalue weighted by Crippen LogP contribution is -2.34. The molecule has 3 nitrogen and oxygen atoms in total. The molecule has 0 spiro atoms. The van der Waals surface area contributed by atoms with Crippen LogP contribution in [-0.2, 0) is 6.42 Å². The number of rotatable bonds is 4. The number of halogens is 1. The fourth-order valence-corrected chi connectivity index (χ4v) is 3.56. The van der Waals surface area contributed by atoms with Crippen molar-refractivity contribution in [3.63, 3.8) is 0 Å². The van der Waals surface area contributed by atoms with Gasteiger partial charge in [-0.25, -0.2) is 4.98 Å². The number of likely N-dealkylation sites (N-methyl/N-ethyl adjacent to an activating group) is 1. The summed E-state index contributed by atoms with van der Waals surface area (Å²) in [7, 11) is 2.21. The zero-order valence-corrected chi connectivity index (χ0v) is 13.8. The molecule has 118 valence electrons. The van der Waals surface area contributed by atoms with Crippen LogP contribution in [0.2, 0.25) is 5.02 Å². The van der Waals surface area contributed by atoms with Crippen molar-refractivity contribution < 1.29 is 5.11 Å². The third-order valence-electron chi connectivity index (χ3n) is 4.76. The van der Waals surface area contributed by atoms with Gasteiger partial charge in [0, 0.05) is 30.1 Å². The second kappa shape index (κ2) is 6.84. The summed E-state index contributed by atoms with van der Waals surface area (Å²) >= 11 is 6.15. The highest BCUT2D eigenvalue weighted by Gasteiger charge is 2.17. The zero-order chi connectivity index (χ0) is 15.5. The molecule has 22 heavy (non-hydrogen) atoms. The monoisotopic (exact) mass is 318 g/mol. The van der Waals surface area contributed by atoms with E-state index in [9.17, 15) is 5.11 Å². The van der Waals surface area contributed by atoms with Gasteiger partial charge in [-0.2, -0.15) is 0 Å². The first-order chi connectivity index (χ1) is 10.6. The summed E-state index contributed by atoms with van der Waals surface area (Å²) in [5.74, 6) is 0.196. The fourth-order valence-electron chi connectivity index (χ4n) is 3.34. The van der Waals surface area contributed by atoms with Crippen LogP contribution >= 0.6 is 11.6 Å². The normalized spacial score (nSPS) is 16.5. The first-order valence-electron chi connectivity index (χ1n) is 8.12. The molecule has 1 heterocycles. The largest absolute Gasteiger partial charge is 0.506 e. The SMILES string of the molecule is CN(CCc1ccc2c(Cl)ccc(O)c2n1)C1CCCCC1. The third-order valence-corrected chi connectivity index (χ3v) is 5.09. The lowest BCUT2D eigenvalue weighted by molar-refractivity contribution is 0.193. The average Bonchev–Trinajstić information content (AvgIpc) is 2.57. The van der Waals surface area contributed by atoms with Crippen LogP contribution in [0, 0.1) is 0 Å². The summed E-state index contributed by atoms with van der Waals surface area (Å²) in [5, 5.41) is 11.4. The number of fused-ring (bicyclic) bond motifs is 1. The summed E-state index contributed by atoms with van der Waals surface area (Å²) in [6.45, 7) is 1.00. The van der Waals surface area contributed by atoms with E-state index in [1.165, 1.54) is 32.1 Å².